The van der Waals surface area contributed by atoms with E-state index in [2.05, 4.69) is 29.4 Å². The van der Waals surface area contributed by atoms with Gasteiger partial charge in [0.2, 0.25) is 5.91 Å². The van der Waals surface area contributed by atoms with Crippen molar-refractivity contribution < 1.29 is 23.0 Å². The molecule has 0 spiro atoms. The number of amides is 1. The van der Waals surface area contributed by atoms with Gasteiger partial charge in [-0.3, -0.25) is 9.48 Å². The minimum atomic E-state index is -0.731. The summed E-state index contributed by atoms with van der Waals surface area (Å²) in [6, 6.07) is 6.53. The van der Waals surface area contributed by atoms with Crippen LogP contribution in [0.3, 0.4) is 0 Å². The van der Waals surface area contributed by atoms with E-state index >= 15 is 4.39 Å². The number of anilines is 1. The van der Waals surface area contributed by atoms with E-state index in [4.69, 9.17) is 19.6 Å². The summed E-state index contributed by atoms with van der Waals surface area (Å²) in [5.74, 6) is 0.161. The van der Waals surface area contributed by atoms with Gasteiger partial charge in [-0.2, -0.15) is 5.10 Å². The number of hydrogen-bond acceptors (Lipinski definition) is 8. The van der Waals surface area contributed by atoms with Crippen molar-refractivity contribution in [2.24, 2.45) is 11.8 Å². The highest BCUT2D eigenvalue weighted by Crippen LogP contribution is 2.51. The molecule has 1 aliphatic carbocycles. The molecular weight excluding hydrogens is 574 g/mol. The molecule has 7 rings (SSSR count). The Bertz CT molecular complexity index is 1680. The predicted molar refractivity (Wildman–Crippen MR) is 161 cm³/mol. The van der Waals surface area contributed by atoms with Crippen LogP contribution in [-0.4, -0.2) is 66.7 Å². The lowest BCUT2D eigenvalue weighted by Gasteiger charge is -2.27. The van der Waals surface area contributed by atoms with E-state index < -0.39 is 11.6 Å². The minimum absolute atomic E-state index is 0.0116. The number of pyridine rings is 1. The van der Waals surface area contributed by atoms with Gasteiger partial charge in [-0.15, -0.1) is 11.3 Å². The summed E-state index contributed by atoms with van der Waals surface area (Å²) in [5.41, 5.74) is 2.84. The third-order valence-electron chi connectivity index (χ3n) is 8.85. The highest BCUT2D eigenvalue weighted by molar-refractivity contribution is 7.18. The fraction of sp³-hybridized carbons (Fsp3) is 0.452. The Morgan fingerprint density at radius 1 is 1.16 bits per heavy atom. The van der Waals surface area contributed by atoms with Crippen LogP contribution in [0.2, 0.25) is 0 Å². The monoisotopic (exact) mass is 608 g/mol. The SMILES string of the molecule is COCCOc1cc(F)cc(F)c1-c1c(-c2cc3n(n2)C(C)CNC3C)nc(N2CC3C(C2)C3NC(C)=O)c2ccsc12. The summed E-state index contributed by atoms with van der Waals surface area (Å²) in [6.45, 7) is 8.45. The number of nitrogens with zero attached hydrogens (tertiary/aromatic N) is 4. The van der Waals surface area contributed by atoms with E-state index in [0.717, 1.165) is 47.3 Å². The molecule has 12 heteroatoms. The lowest BCUT2D eigenvalue weighted by Crippen LogP contribution is -2.34. The van der Waals surface area contributed by atoms with E-state index in [1.807, 2.05) is 22.2 Å². The summed E-state index contributed by atoms with van der Waals surface area (Å²) in [5, 5.41) is 14.5. The number of fused-ring (bicyclic) bond motifs is 3. The number of methoxy groups -OCH3 is 1. The summed E-state index contributed by atoms with van der Waals surface area (Å²) in [7, 11) is 1.55. The lowest BCUT2D eigenvalue weighted by molar-refractivity contribution is -0.119. The molecule has 1 aromatic carbocycles. The second-order valence-electron chi connectivity index (χ2n) is 11.8. The van der Waals surface area contributed by atoms with E-state index in [9.17, 15) is 9.18 Å². The maximum absolute atomic E-state index is 15.9. The molecule has 1 saturated heterocycles. The van der Waals surface area contributed by atoms with Crippen LogP contribution in [0, 0.1) is 23.5 Å². The zero-order valence-corrected chi connectivity index (χ0v) is 25.3. The third-order valence-corrected chi connectivity index (χ3v) is 9.78. The lowest BCUT2D eigenvalue weighted by atomic mass is 9.98. The van der Waals surface area contributed by atoms with Crippen molar-refractivity contribution in [3.63, 3.8) is 0 Å². The number of hydrogen-bond donors (Lipinski definition) is 2. The molecular formula is C31H34F2N6O3S. The van der Waals surface area contributed by atoms with Crippen molar-refractivity contribution in [2.75, 3.05) is 44.9 Å². The second-order valence-corrected chi connectivity index (χ2v) is 12.7. The van der Waals surface area contributed by atoms with Crippen LogP contribution in [0.15, 0.2) is 29.6 Å². The van der Waals surface area contributed by atoms with Gasteiger partial charge in [-0.1, -0.05) is 0 Å². The van der Waals surface area contributed by atoms with Gasteiger partial charge in [0.15, 0.2) is 0 Å². The van der Waals surface area contributed by atoms with Crippen LogP contribution in [-0.2, 0) is 9.53 Å². The first-order valence-electron chi connectivity index (χ1n) is 14.6. The van der Waals surface area contributed by atoms with Gasteiger partial charge in [0.05, 0.1) is 23.9 Å². The summed E-state index contributed by atoms with van der Waals surface area (Å²) in [4.78, 5) is 19.2. The Hall–Kier alpha value is -3.61. The first-order chi connectivity index (χ1) is 20.7. The summed E-state index contributed by atoms with van der Waals surface area (Å²) >= 11 is 1.49. The fourth-order valence-electron chi connectivity index (χ4n) is 6.70. The van der Waals surface area contributed by atoms with Gasteiger partial charge in [-0.05, 0) is 31.4 Å². The van der Waals surface area contributed by atoms with Crippen LogP contribution < -0.4 is 20.3 Å². The van der Waals surface area contributed by atoms with Gasteiger partial charge >= 0.3 is 0 Å². The van der Waals surface area contributed by atoms with E-state index in [1.54, 1.807) is 14.0 Å². The molecule has 2 fully saturated rings. The molecule has 0 bridgehead atoms. The number of carbonyl (C=O) groups is 1. The molecule has 0 radical (unpaired) electrons. The van der Waals surface area contributed by atoms with Crippen molar-refractivity contribution >= 4 is 33.1 Å². The quantitative estimate of drug-likeness (QED) is 0.274. The Labute approximate surface area is 252 Å². The number of benzene rings is 1. The Morgan fingerprint density at radius 2 is 1.95 bits per heavy atom. The molecule has 3 aromatic heterocycles. The Balaban J connectivity index is 1.41. The first-order valence-corrected chi connectivity index (χ1v) is 15.5. The zero-order valence-electron chi connectivity index (χ0n) is 24.5. The molecule has 9 nitrogen and oxygen atoms in total. The Kier molecular flexibility index (Phi) is 7.10. The maximum atomic E-state index is 15.9. The van der Waals surface area contributed by atoms with Gasteiger partial charge in [-0.25, -0.2) is 13.8 Å². The van der Waals surface area contributed by atoms with E-state index in [-0.39, 0.29) is 48.6 Å². The molecule has 2 N–H and O–H groups in total. The molecule has 1 amide bonds. The van der Waals surface area contributed by atoms with Crippen LogP contribution in [0.1, 0.15) is 38.5 Å². The minimum Gasteiger partial charge on any atom is -0.490 e. The smallest absolute Gasteiger partial charge is 0.217 e. The standard InChI is InChI=1S/C31H34F2N6O3S/c1-15-12-34-16(2)24-11-23(37-39(15)24)29-27(26-22(33)9-18(32)10-25(26)42-7-6-41-4)30-19(5-8-43-30)31(36-29)38-13-20-21(14-38)28(20)35-17(3)40/h5,8-11,15-16,20-21,28,34H,6-7,12-14H2,1-4H3,(H,35,40). The van der Waals surface area contributed by atoms with E-state index in [1.165, 1.54) is 17.4 Å². The summed E-state index contributed by atoms with van der Waals surface area (Å²) < 4.78 is 44.4. The average Bonchev–Trinajstić information content (AvgIpc) is 3.47. The number of piperidine rings is 1. The second kappa shape index (κ2) is 10.8. The highest BCUT2D eigenvalue weighted by Gasteiger charge is 2.56. The first kappa shape index (κ1) is 28.2. The predicted octanol–water partition coefficient (Wildman–Crippen LogP) is 4.93. The fourth-order valence-corrected chi connectivity index (χ4v) is 7.64. The number of ether oxygens (including phenoxy) is 2. The largest absolute Gasteiger partial charge is 0.490 e. The average molecular weight is 609 g/mol. The van der Waals surface area contributed by atoms with Crippen LogP contribution in [0.5, 0.6) is 5.75 Å². The number of nitrogens with one attached hydrogen (secondary N) is 2. The number of halogens is 2. The van der Waals surface area contributed by atoms with Crippen molar-refractivity contribution in [1.82, 2.24) is 25.4 Å². The molecule has 4 aromatic rings. The van der Waals surface area contributed by atoms with Gasteiger partial charge in [0.25, 0.3) is 0 Å². The van der Waals surface area contributed by atoms with Crippen LogP contribution in [0.4, 0.5) is 14.6 Å². The molecule has 5 heterocycles. The topological polar surface area (TPSA) is 93.5 Å². The summed E-state index contributed by atoms with van der Waals surface area (Å²) in [6.07, 6.45) is 0. The molecule has 2 aliphatic heterocycles. The number of rotatable bonds is 8. The van der Waals surface area contributed by atoms with Crippen molar-refractivity contribution in [3.8, 4) is 28.3 Å². The molecule has 3 aliphatic rings. The number of carbonyl (C=O) groups excluding carboxylic acids is 1. The van der Waals surface area contributed by atoms with Crippen molar-refractivity contribution in [2.45, 2.75) is 38.9 Å². The third kappa shape index (κ3) is 4.85. The number of aromatic nitrogens is 3. The van der Waals surface area contributed by atoms with Gasteiger partial charge in [0, 0.05) is 85.4 Å². The normalized spacial score (nSPS) is 24.2. The molecule has 43 heavy (non-hydrogen) atoms. The van der Waals surface area contributed by atoms with Crippen molar-refractivity contribution in [1.29, 1.82) is 0 Å². The van der Waals surface area contributed by atoms with Crippen molar-refractivity contribution in [3.05, 3.63) is 47.0 Å². The number of thiophene rings is 1. The zero-order chi connectivity index (χ0) is 30.0. The van der Waals surface area contributed by atoms with Crippen LogP contribution >= 0.6 is 11.3 Å². The van der Waals surface area contributed by atoms with Gasteiger partial charge in [0.1, 0.15) is 41.2 Å². The van der Waals surface area contributed by atoms with E-state index in [0.29, 0.717) is 28.8 Å². The molecule has 1 saturated carbocycles. The van der Waals surface area contributed by atoms with Gasteiger partial charge < -0.3 is 25.0 Å². The Morgan fingerprint density at radius 3 is 2.67 bits per heavy atom. The molecule has 4 atom stereocenters. The van der Waals surface area contributed by atoms with Crippen LogP contribution in [0.25, 0.3) is 32.6 Å². The molecule has 226 valence electrons. The highest BCUT2D eigenvalue weighted by atomic mass is 32.1. The molecule has 4 unspecified atom stereocenters. The maximum Gasteiger partial charge on any atom is 0.217 e.